The lowest BCUT2D eigenvalue weighted by molar-refractivity contribution is 0.656. The van der Waals surface area contributed by atoms with E-state index >= 15 is 0 Å². The van der Waals surface area contributed by atoms with Gasteiger partial charge in [-0.05, 0) is 28.5 Å². The summed E-state index contributed by atoms with van der Waals surface area (Å²) in [5.41, 5.74) is 2.54. The van der Waals surface area contributed by atoms with Gasteiger partial charge in [0.1, 0.15) is 0 Å². The van der Waals surface area contributed by atoms with Crippen molar-refractivity contribution in [3.05, 3.63) is 45.4 Å². The van der Waals surface area contributed by atoms with Crippen LogP contribution in [0.1, 0.15) is 11.3 Å². The van der Waals surface area contributed by atoms with Crippen LogP contribution in [0.25, 0.3) is 0 Å². The van der Waals surface area contributed by atoms with Gasteiger partial charge in [0.2, 0.25) is 0 Å². The third kappa shape index (κ3) is 2.84. The highest BCUT2D eigenvalue weighted by Crippen LogP contribution is 2.12. The van der Waals surface area contributed by atoms with Gasteiger partial charge in [0, 0.05) is 32.0 Å². The van der Waals surface area contributed by atoms with Crippen LogP contribution in [-0.2, 0) is 20.1 Å². The van der Waals surface area contributed by atoms with E-state index < -0.39 is 0 Å². The number of nitrogens with zero attached hydrogens (tertiary/aromatic N) is 1. The van der Waals surface area contributed by atoms with Crippen LogP contribution >= 0.6 is 22.9 Å². The predicted molar refractivity (Wildman–Crippen MR) is 65.3 cm³/mol. The molecule has 0 saturated carbocycles. The molecule has 0 unspecified atom stereocenters. The van der Waals surface area contributed by atoms with E-state index in [9.17, 15) is 0 Å². The highest BCUT2D eigenvalue weighted by molar-refractivity contribution is 7.07. The molecular formula is C11H13ClN2S. The first-order chi connectivity index (χ1) is 7.25. The Morgan fingerprint density at radius 2 is 2.33 bits per heavy atom. The molecule has 15 heavy (non-hydrogen) atoms. The van der Waals surface area contributed by atoms with Gasteiger partial charge in [-0.25, -0.2) is 0 Å². The Kier molecular flexibility index (Phi) is 3.46. The summed E-state index contributed by atoms with van der Waals surface area (Å²) in [5.74, 6) is 0. The van der Waals surface area contributed by atoms with Crippen LogP contribution in [0, 0.1) is 0 Å². The van der Waals surface area contributed by atoms with Gasteiger partial charge in [0.05, 0.1) is 5.02 Å². The standard InChI is InChI=1S/C11H13ClN2S/c1-14-7-10(12)4-11(14)6-13-5-9-2-3-15-8-9/h2-4,7-8,13H,5-6H2,1H3. The summed E-state index contributed by atoms with van der Waals surface area (Å²) in [7, 11) is 2.01. The maximum Gasteiger partial charge on any atom is 0.0585 e. The smallest absolute Gasteiger partial charge is 0.0585 e. The minimum atomic E-state index is 0.796. The number of halogens is 1. The zero-order valence-corrected chi connectivity index (χ0v) is 10.1. The Morgan fingerprint density at radius 1 is 1.47 bits per heavy atom. The average molecular weight is 241 g/mol. The van der Waals surface area contributed by atoms with Gasteiger partial charge in [-0.1, -0.05) is 11.6 Å². The van der Waals surface area contributed by atoms with E-state index in [-0.39, 0.29) is 0 Å². The molecular weight excluding hydrogens is 228 g/mol. The second kappa shape index (κ2) is 4.84. The van der Waals surface area contributed by atoms with Crippen LogP contribution in [0.4, 0.5) is 0 Å². The molecule has 0 amide bonds. The van der Waals surface area contributed by atoms with Crippen molar-refractivity contribution in [3.8, 4) is 0 Å². The minimum absolute atomic E-state index is 0.796. The third-order valence-electron chi connectivity index (χ3n) is 2.29. The number of hydrogen-bond donors (Lipinski definition) is 1. The van der Waals surface area contributed by atoms with Gasteiger partial charge < -0.3 is 9.88 Å². The number of aromatic nitrogens is 1. The van der Waals surface area contributed by atoms with Gasteiger partial charge in [-0.3, -0.25) is 0 Å². The molecule has 2 aromatic rings. The molecule has 0 spiro atoms. The van der Waals surface area contributed by atoms with Crippen molar-refractivity contribution >= 4 is 22.9 Å². The van der Waals surface area contributed by atoms with Crippen molar-refractivity contribution in [2.75, 3.05) is 0 Å². The van der Waals surface area contributed by atoms with Crippen LogP contribution in [0.5, 0.6) is 0 Å². The number of nitrogens with one attached hydrogen (secondary N) is 1. The molecule has 0 atom stereocenters. The normalized spacial score (nSPS) is 10.8. The van der Waals surface area contributed by atoms with Crippen LogP contribution in [0.3, 0.4) is 0 Å². The second-order valence-electron chi connectivity index (χ2n) is 3.50. The van der Waals surface area contributed by atoms with Crippen LogP contribution in [-0.4, -0.2) is 4.57 Å². The summed E-state index contributed by atoms with van der Waals surface area (Å²) >= 11 is 7.62. The maximum absolute atomic E-state index is 5.90. The van der Waals surface area contributed by atoms with Crippen LogP contribution in [0.2, 0.25) is 5.02 Å². The molecule has 0 aromatic carbocycles. The Hall–Kier alpha value is -0.770. The number of hydrogen-bond acceptors (Lipinski definition) is 2. The molecule has 0 bridgehead atoms. The van der Waals surface area contributed by atoms with Crippen molar-refractivity contribution in [3.63, 3.8) is 0 Å². The molecule has 0 radical (unpaired) electrons. The van der Waals surface area contributed by atoms with E-state index in [1.54, 1.807) is 11.3 Å². The molecule has 0 aliphatic heterocycles. The Labute approximate surface area is 98.5 Å². The highest BCUT2D eigenvalue weighted by Gasteiger charge is 2.00. The molecule has 4 heteroatoms. The Balaban J connectivity index is 1.86. The quantitative estimate of drug-likeness (QED) is 0.870. The van der Waals surface area contributed by atoms with Crippen molar-refractivity contribution < 1.29 is 0 Å². The van der Waals surface area contributed by atoms with Crippen molar-refractivity contribution in [1.29, 1.82) is 0 Å². The van der Waals surface area contributed by atoms with Crippen molar-refractivity contribution in [2.45, 2.75) is 13.1 Å². The summed E-state index contributed by atoms with van der Waals surface area (Å²) in [5, 5.41) is 8.43. The molecule has 80 valence electrons. The largest absolute Gasteiger partial charge is 0.352 e. The summed E-state index contributed by atoms with van der Waals surface area (Å²) in [6, 6.07) is 4.12. The Bertz CT molecular complexity index is 420. The number of aryl methyl sites for hydroxylation is 1. The van der Waals surface area contributed by atoms with Crippen molar-refractivity contribution in [2.24, 2.45) is 7.05 Å². The number of thiophene rings is 1. The van der Waals surface area contributed by atoms with E-state index in [0.29, 0.717) is 0 Å². The molecule has 0 aliphatic rings. The lowest BCUT2D eigenvalue weighted by Crippen LogP contribution is -2.14. The fourth-order valence-electron chi connectivity index (χ4n) is 1.47. The first-order valence-electron chi connectivity index (χ1n) is 4.78. The van der Waals surface area contributed by atoms with Crippen LogP contribution < -0.4 is 5.32 Å². The zero-order chi connectivity index (χ0) is 10.7. The first-order valence-corrected chi connectivity index (χ1v) is 6.10. The lowest BCUT2D eigenvalue weighted by Gasteiger charge is -2.04. The van der Waals surface area contributed by atoms with E-state index in [1.807, 2.05) is 23.9 Å². The Morgan fingerprint density at radius 3 is 2.93 bits per heavy atom. The maximum atomic E-state index is 5.90. The minimum Gasteiger partial charge on any atom is -0.352 e. The molecule has 2 nitrogen and oxygen atoms in total. The molecule has 0 fully saturated rings. The average Bonchev–Trinajstić information content (AvgIpc) is 2.77. The van der Waals surface area contributed by atoms with Crippen molar-refractivity contribution in [1.82, 2.24) is 9.88 Å². The fourth-order valence-corrected chi connectivity index (χ4v) is 2.41. The summed E-state index contributed by atoms with van der Waals surface area (Å²) < 4.78 is 2.04. The first kappa shape index (κ1) is 10.7. The lowest BCUT2D eigenvalue weighted by atomic mass is 10.3. The van der Waals surface area contributed by atoms with E-state index in [2.05, 4.69) is 22.1 Å². The van der Waals surface area contributed by atoms with Gasteiger partial charge in [-0.15, -0.1) is 0 Å². The van der Waals surface area contributed by atoms with Gasteiger partial charge in [0.25, 0.3) is 0 Å². The monoisotopic (exact) mass is 240 g/mol. The summed E-state index contributed by atoms with van der Waals surface area (Å²) in [4.78, 5) is 0. The van der Waals surface area contributed by atoms with Crippen LogP contribution in [0.15, 0.2) is 29.1 Å². The summed E-state index contributed by atoms with van der Waals surface area (Å²) in [6.07, 6.45) is 1.92. The van der Waals surface area contributed by atoms with E-state index in [4.69, 9.17) is 11.6 Å². The SMILES string of the molecule is Cn1cc(Cl)cc1CNCc1ccsc1. The highest BCUT2D eigenvalue weighted by atomic mass is 35.5. The van der Waals surface area contributed by atoms with Gasteiger partial charge in [0.15, 0.2) is 0 Å². The summed E-state index contributed by atoms with van der Waals surface area (Å²) in [6.45, 7) is 1.76. The predicted octanol–water partition coefficient (Wildman–Crippen LogP) is 3.03. The van der Waals surface area contributed by atoms with E-state index in [0.717, 1.165) is 18.1 Å². The molecule has 2 rings (SSSR count). The fraction of sp³-hybridized carbons (Fsp3) is 0.273. The topological polar surface area (TPSA) is 17.0 Å². The molecule has 0 saturated heterocycles. The zero-order valence-electron chi connectivity index (χ0n) is 8.53. The molecule has 2 heterocycles. The van der Waals surface area contributed by atoms with E-state index in [1.165, 1.54) is 11.3 Å². The number of rotatable bonds is 4. The van der Waals surface area contributed by atoms with Gasteiger partial charge >= 0.3 is 0 Å². The molecule has 0 aliphatic carbocycles. The second-order valence-corrected chi connectivity index (χ2v) is 4.71. The molecule has 1 N–H and O–H groups in total. The third-order valence-corrected chi connectivity index (χ3v) is 3.23. The van der Waals surface area contributed by atoms with Gasteiger partial charge in [-0.2, -0.15) is 11.3 Å². The molecule has 2 aromatic heterocycles.